The maximum Gasteiger partial charge on any atom is 0.303 e. The van der Waals surface area contributed by atoms with Gasteiger partial charge in [0.1, 0.15) is 6.04 Å². The standard InChI is InChI=1S/C18H37N5O4/c19-11-5-3-8-14(21)17(26)23-15(9-4-6-12-20)18(27)22-13-7-1-2-10-16(24)25/h14-15H,1-13,19-21H2,(H,22,27)(H,23,26)(H,24,25)/t14-,15-/m0/s1. The van der Waals surface area contributed by atoms with Gasteiger partial charge in [-0.25, -0.2) is 0 Å². The van der Waals surface area contributed by atoms with E-state index in [1.807, 2.05) is 0 Å². The van der Waals surface area contributed by atoms with E-state index in [0.717, 1.165) is 32.1 Å². The zero-order valence-corrected chi connectivity index (χ0v) is 16.3. The van der Waals surface area contributed by atoms with Gasteiger partial charge in [0.25, 0.3) is 0 Å². The molecule has 0 fully saturated rings. The number of carboxylic acids is 1. The molecule has 0 aliphatic rings. The molecule has 0 saturated carbocycles. The Labute approximate surface area is 161 Å². The average molecular weight is 388 g/mol. The van der Waals surface area contributed by atoms with Crippen LogP contribution in [-0.2, 0) is 14.4 Å². The van der Waals surface area contributed by atoms with Crippen molar-refractivity contribution >= 4 is 17.8 Å². The normalized spacial score (nSPS) is 13.0. The van der Waals surface area contributed by atoms with Crippen molar-refractivity contribution in [2.24, 2.45) is 17.2 Å². The van der Waals surface area contributed by atoms with Gasteiger partial charge >= 0.3 is 5.97 Å². The highest BCUT2D eigenvalue weighted by molar-refractivity contribution is 5.89. The smallest absolute Gasteiger partial charge is 0.303 e. The van der Waals surface area contributed by atoms with Gasteiger partial charge in [0.05, 0.1) is 6.04 Å². The lowest BCUT2D eigenvalue weighted by Crippen LogP contribution is -2.51. The van der Waals surface area contributed by atoms with Crippen molar-refractivity contribution in [2.45, 2.75) is 76.3 Å². The lowest BCUT2D eigenvalue weighted by molar-refractivity contribution is -0.137. The molecule has 0 aliphatic heterocycles. The van der Waals surface area contributed by atoms with Crippen molar-refractivity contribution in [1.29, 1.82) is 0 Å². The lowest BCUT2D eigenvalue weighted by atomic mass is 10.1. The monoisotopic (exact) mass is 387 g/mol. The summed E-state index contributed by atoms with van der Waals surface area (Å²) in [5.41, 5.74) is 16.8. The molecule has 0 aromatic rings. The van der Waals surface area contributed by atoms with E-state index in [9.17, 15) is 14.4 Å². The lowest BCUT2D eigenvalue weighted by Gasteiger charge is -2.21. The van der Waals surface area contributed by atoms with E-state index < -0.39 is 18.1 Å². The predicted octanol–water partition coefficient (Wildman–Crippen LogP) is -0.182. The molecule has 2 atom stereocenters. The molecule has 27 heavy (non-hydrogen) atoms. The molecule has 0 rings (SSSR count). The molecular weight excluding hydrogens is 350 g/mol. The van der Waals surface area contributed by atoms with Crippen molar-refractivity contribution in [2.75, 3.05) is 19.6 Å². The van der Waals surface area contributed by atoms with Gasteiger partial charge in [0.2, 0.25) is 11.8 Å². The zero-order valence-electron chi connectivity index (χ0n) is 16.3. The van der Waals surface area contributed by atoms with Crippen LogP contribution in [0.5, 0.6) is 0 Å². The Morgan fingerprint density at radius 3 is 2.04 bits per heavy atom. The number of nitrogens with two attached hydrogens (primary N) is 3. The van der Waals surface area contributed by atoms with E-state index in [2.05, 4.69) is 10.6 Å². The number of carboxylic acid groups (broad SMARTS) is 1. The summed E-state index contributed by atoms with van der Waals surface area (Å²) in [6, 6.07) is -1.29. The Balaban J connectivity index is 4.35. The van der Waals surface area contributed by atoms with Gasteiger partial charge in [-0.2, -0.15) is 0 Å². The van der Waals surface area contributed by atoms with Crippen LogP contribution < -0.4 is 27.8 Å². The van der Waals surface area contributed by atoms with Crippen molar-refractivity contribution in [3.05, 3.63) is 0 Å². The minimum atomic E-state index is -0.815. The molecule has 9 N–H and O–H groups in total. The Morgan fingerprint density at radius 2 is 1.44 bits per heavy atom. The fourth-order valence-electron chi connectivity index (χ4n) is 2.59. The topological polar surface area (TPSA) is 174 Å². The fourth-order valence-corrected chi connectivity index (χ4v) is 2.59. The van der Waals surface area contributed by atoms with Crippen LogP contribution in [0.3, 0.4) is 0 Å². The fraction of sp³-hybridized carbons (Fsp3) is 0.833. The van der Waals surface area contributed by atoms with Crippen LogP contribution in [0.2, 0.25) is 0 Å². The first-order valence-corrected chi connectivity index (χ1v) is 9.88. The summed E-state index contributed by atoms with van der Waals surface area (Å²) in [6.07, 6.45) is 6.26. The van der Waals surface area contributed by atoms with Crippen molar-refractivity contribution in [3.63, 3.8) is 0 Å². The maximum atomic E-state index is 12.4. The molecule has 0 saturated heterocycles. The number of hydrogen-bond acceptors (Lipinski definition) is 6. The maximum absolute atomic E-state index is 12.4. The number of nitrogens with one attached hydrogen (secondary N) is 2. The second kappa shape index (κ2) is 16.5. The van der Waals surface area contributed by atoms with Crippen molar-refractivity contribution < 1.29 is 19.5 Å². The summed E-state index contributed by atoms with van der Waals surface area (Å²) in [6.45, 7) is 1.54. The zero-order chi connectivity index (χ0) is 20.5. The Hall–Kier alpha value is -1.71. The molecule has 0 aromatic heterocycles. The average Bonchev–Trinajstić information content (AvgIpc) is 2.63. The largest absolute Gasteiger partial charge is 0.481 e. The predicted molar refractivity (Wildman–Crippen MR) is 105 cm³/mol. The third-order valence-electron chi connectivity index (χ3n) is 4.25. The first kappa shape index (κ1) is 25.3. The number of carbonyl (C=O) groups excluding carboxylic acids is 2. The van der Waals surface area contributed by atoms with Crippen LogP contribution in [0.1, 0.15) is 64.2 Å². The third-order valence-corrected chi connectivity index (χ3v) is 4.25. The molecule has 9 nitrogen and oxygen atoms in total. The molecular formula is C18H37N5O4. The summed E-state index contributed by atoms with van der Waals surface area (Å²) in [4.78, 5) is 35.1. The molecule has 0 radical (unpaired) electrons. The summed E-state index contributed by atoms with van der Waals surface area (Å²) < 4.78 is 0. The molecule has 158 valence electrons. The Kier molecular flexibility index (Phi) is 15.4. The number of aliphatic carboxylic acids is 1. The first-order valence-electron chi connectivity index (χ1n) is 9.88. The first-order chi connectivity index (χ1) is 12.9. The number of hydrogen-bond donors (Lipinski definition) is 6. The second-order valence-electron chi connectivity index (χ2n) is 6.73. The van der Waals surface area contributed by atoms with Crippen LogP contribution in [0, 0.1) is 0 Å². The molecule has 0 heterocycles. The summed E-state index contributed by atoms with van der Waals surface area (Å²) >= 11 is 0. The third kappa shape index (κ3) is 14.1. The molecule has 9 heteroatoms. The van der Waals surface area contributed by atoms with E-state index in [4.69, 9.17) is 22.3 Å². The second-order valence-corrected chi connectivity index (χ2v) is 6.73. The highest BCUT2D eigenvalue weighted by atomic mass is 16.4. The highest BCUT2D eigenvalue weighted by Crippen LogP contribution is 2.04. The number of amides is 2. The molecule has 0 unspecified atom stereocenters. The van der Waals surface area contributed by atoms with Crippen LogP contribution in [0.25, 0.3) is 0 Å². The quantitative estimate of drug-likeness (QED) is 0.188. The van der Waals surface area contributed by atoms with Gasteiger partial charge in [-0.3, -0.25) is 14.4 Å². The SMILES string of the molecule is NCCCC[C@H](NC(=O)[C@@H](N)CCCCN)C(=O)NCCCCCC(=O)O. The summed E-state index contributed by atoms with van der Waals surface area (Å²) in [5, 5.41) is 14.1. The Bertz CT molecular complexity index is 434. The van der Waals surface area contributed by atoms with E-state index >= 15 is 0 Å². The number of rotatable bonds is 17. The van der Waals surface area contributed by atoms with Crippen molar-refractivity contribution in [1.82, 2.24) is 10.6 Å². The molecule has 2 amide bonds. The number of unbranched alkanes of at least 4 members (excludes halogenated alkanes) is 4. The van der Waals surface area contributed by atoms with Crippen LogP contribution >= 0.6 is 0 Å². The van der Waals surface area contributed by atoms with Gasteiger partial charge in [-0.15, -0.1) is 0 Å². The van der Waals surface area contributed by atoms with Gasteiger partial charge in [0.15, 0.2) is 0 Å². The summed E-state index contributed by atoms with van der Waals surface area (Å²) in [7, 11) is 0. The van der Waals surface area contributed by atoms with Crippen LogP contribution in [0.4, 0.5) is 0 Å². The molecule has 0 spiro atoms. The molecule has 0 bridgehead atoms. The molecule has 0 aromatic carbocycles. The van der Waals surface area contributed by atoms with Crippen LogP contribution in [0.15, 0.2) is 0 Å². The minimum Gasteiger partial charge on any atom is -0.481 e. The van der Waals surface area contributed by atoms with E-state index in [1.54, 1.807) is 0 Å². The van der Waals surface area contributed by atoms with Gasteiger partial charge in [-0.05, 0) is 58.0 Å². The highest BCUT2D eigenvalue weighted by Gasteiger charge is 2.23. The van der Waals surface area contributed by atoms with E-state index in [0.29, 0.717) is 45.3 Å². The van der Waals surface area contributed by atoms with E-state index in [-0.39, 0.29) is 18.2 Å². The van der Waals surface area contributed by atoms with Gasteiger partial charge in [0, 0.05) is 13.0 Å². The van der Waals surface area contributed by atoms with Crippen molar-refractivity contribution in [3.8, 4) is 0 Å². The van der Waals surface area contributed by atoms with Crippen LogP contribution in [-0.4, -0.2) is 54.6 Å². The molecule has 0 aliphatic carbocycles. The van der Waals surface area contributed by atoms with Gasteiger partial charge in [-0.1, -0.05) is 12.8 Å². The minimum absolute atomic E-state index is 0.133. The Morgan fingerprint density at radius 1 is 0.815 bits per heavy atom. The number of carbonyl (C=O) groups is 3. The van der Waals surface area contributed by atoms with Gasteiger partial charge < -0.3 is 32.9 Å². The summed E-state index contributed by atoms with van der Waals surface area (Å²) in [5.74, 6) is -1.39. The van der Waals surface area contributed by atoms with E-state index in [1.165, 1.54) is 0 Å².